The fourth-order valence-electron chi connectivity index (χ4n) is 5.49. The van der Waals surface area contributed by atoms with Gasteiger partial charge in [-0.05, 0) is 45.2 Å². The number of morpholine rings is 1. The van der Waals surface area contributed by atoms with Crippen LogP contribution < -0.4 is 15.1 Å². The number of nitrogens with zero attached hydrogens (tertiary/aromatic N) is 5. The van der Waals surface area contributed by atoms with Crippen molar-refractivity contribution in [3.8, 4) is 0 Å². The topological polar surface area (TPSA) is 73.8 Å². The van der Waals surface area contributed by atoms with Gasteiger partial charge in [0.1, 0.15) is 0 Å². The van der Waals surface area contributed by atoms with Gasteiger partial charge in [0.15, 0.2) is 0 Å². The average Bonchev–Trinajstić information content (AvgIpc) is 3.11. The Kier molecular flexibility index (Phi) is 6.21. The number of halogens is 1. The number of hydrogen-bond donors (Lipinski definition) is 1. The van der Waals surface area contributed by atoms with Gasteiger partial charge < -0.3 is 15.0 Å². The maximum atomic E-state index is 13.4. The monoisotopic (exact) mass is 562 g/mol. The highest BCUT2D eigenvalue weighted by molar-refractivity contribution is 14.1. The summed E-state index contributed by atoms with van der Waals surface area (Å²) in [6.07, 6.45) is 5.68. The van der Waals surface area contributed by atoms with Crippen molar-refractivity contribution in [2.24, 2.45) is 0 Å². The molecule has 9 heteroatoms. The molecule has 176 valence electrons. The minimum Gasteiger partial charge on any atom is -0.378 e. The lowest BCUT2D eigenvalue weighted by Crippen LogP contribution is -2.52. The zero-order valence-electron chi connectivity index (χ0n) is 19.3. The molecule has 1 N–H and O–H groups in total. The Labute approximate surface area is 209 Å². The highest BCUT2D eigenvalue weighted by atomic mass is 127. The Hall–Kier alpha value is -1.98. The average molecular weight is 562 g/mol. The third-order valence-electron chi connectivity index (χ3n) is 7.63. The van der Waals surface area contributed by atoms with Gasteiger partial charge in [-0.3, -0.25) is 8.01 Å². The Morgan fingerprint density at radius 1 is 1.09 bits per heavy atom. The van der Waals surface area contributed by atoms with E-state index in [0.29, 0.717) is 25.7 Å². The normalized spacial score (nSPS) is 28.1. The van der Waals surface area contributed by atoms with Gasteiger partial charge >= 0.3 is 6.03 Å². The molecule has 2 saturated heterocycles. The predicted molar refractivity (Wildman–Crippen MR) is 137 cm³/mol. The molecule has 0 atom stereocenters. The first kappa shape index (κ1) is 22.8. The number of carbonyl (C=O) groups is 1. The Balaban J connectivity index is 1.35. The van der Waals surface area contributed by atoms with E-state index in [-0.39, 0.29) is 17.1 Å². The second-order valence-corrected chi connectivity index (χ2v) is 10.3. The molecule has 1 saturated carbocycles. The molecule has 1 aromatic carbocycles. The summed E-state index contributed by atoms with van der Waals surface area (Å²) in [4.78, 5) is 26.7. The number of hydrogen-bond acceptors (Lipinski definition) is 6. The van der Waals surface area contributed by atoms with E-state index in [4.69, 9.17) is 9.72 Å². The van der Waals surface area contributed by atoms with Crippen LogP contribution in [0.15, 0.2) is 36.5 Å². The van der Waals surface area contributed by atoms with Crippen molar-refractivity contribution in [3.63, 3.8) is 0 Å². The molecule has 1 spiro atoms. The number of anilines is 2. The maximum Gasteiger partial charge on any atom is 0.334 e. The first-order valence-electron chi connectivity index (χ1n) is 11.7. The molecule has 2 amide bonds. The molecule has 8 nitrogen and oxygen atoms in total. The second kappa shape index (κ2) is 8.99. The van der Waals surface area contributed by atoms with Gasteiger partial charge in [0.2, 0.25) is 5.95 Å². The number of aromatic nitrogens is 2. The molecule has 0 bridgehead atoms. The van der Waals surface area contributed by atoms with Crippen LogP contribution in [0, 0.1) is 6.92 Å². The number of nitrogens with one attached hydrogen (secondary N) is 1. The summed E-state index contributed by atoms with van der Waals surface area (Å²) in [6.45, 7) is 5.61. The molecule has 3 heterocycles. The smallest absolute Gasteiger partial charge is 0.334 e. The molecule has 1 aliphatic carbocycles. The first-order valence-corrected chi connectivity index (χ1v) is 12.6. The van der Waals surface area contributed by atoms with E-state index >= 15 is 0 Å². The minimum absolute atomic E-state index is 0.0260. The van der Waals surface area contributed by atoms with Crippen LogP contribution in [-0.4, -0.2) is 64.5 Å². The SMILES string of the molecule is CNC1(c2ccccc2)CCC2(CC1)CN(c1cnc(N3CCOCC3)nc1C)C(=O)N2I. The highest BCUT2D eigenvalue weighted by Gasteiger charge is 2.54. The third kappa shape index (κ3) is 3.97. The van der Waals surface area contributed by atoms with Gasteiger partial charge in [0, 0.05) is 18.6 Å². The van der Waals surface area contributed by atoms with Gasteiger partial charge in [0.05, 0.1) is 65.7 Å². The van der Waals surface area contributed by atoms with Crippen LogP contribution in [0.4, 0.5) is 16.4 Å². The van der Waals surface area contributed by atoms with Crippen LogP contribution in [0.25, 0.3) is 0 Å². The lowest BCUT2D eigenvalue weighted by Gasteiger charge is -2.46. The van der Waals surface area contributed by atoms with E-state index in [1.54, 1.807) is 0 Å². The third-order valence-corrected chi connectivity index (χ3v) is 9.07. The Bertz CT molecular complexity index is 1010. The van der Waals surface area contributed by atoms with Crippen molar-refractivity contribution in [1.29, 1.82) is 0 Å². The van der Waals surface area contributed by atoms with E-state index in [1.165, 1.54) is 5.56 Å². The van der Waals surface area contributed by atoms with Crippen molar-refractivity contribution in [1.82, 2.24) is 18.4 Å². The minimum atomic E-state index is -0.178. The Morgan fingerprint density at radius 3 is 2.42 bits per heavy atom. The fourth-order valence-corrected chi connectivity index (χ4v) is 6.38. The highest BCUT2D eigenvalue weighted by Crippen LogP contribution is 2.48. The van der Waals surface area contributed by atoms with Crippen LogP contribution in [0.1, 0.15) is 36.9 Å². The predicted octanol–water partition coefficient (Wildman–Crippen LogP) is 3.64. The van der Waals surface area contributed by atoms with Crippen molar-refractivity contribution < 1.29 is 9.53 Å². The molecular formula is C24H31IN6O2. The molecule has 2 aliphatic heterocycles. The summed E-state index contributed by atoms with van der Waals surface area (Å²) in [7, 11) is 2.05. The van der Waals surface area contributed by atoms with Crippen LogP contribution in [0.2, 0.25) is 0 Å². The van der Waals surface area contributed by atoms with Gasteiger partial charge in [-0.25, -0.2) is 14.8 Å². The van der Waals surface area contributed by atoms with Crippen LogP contribution in [0.3, 0.4) is 0 Å². The number of amides is 2. The summed E-state index contributed by atoms with van der Waals surface area (Å²) in [5, 5.41) is 3.60. The summed E-state index contributed by atoms with van der Waals surface area (Å²) in [5.74, 6) is 0.714. The Morgan fingerprint density at radius 2 is 1.79 bits per heavy atom. The van der Waals surface area contributed by atoms with E-state index < -0.39 is 0 Å². The number of benzene rings is 1. The van der Waals surface area contributed by atoms with Crippen LogP contribution in [-0.2, 0) is 10.3 Å². The molecule has 3 aliphatic rings. The van der Waals surface area contributed by atoms with E-state index in [9.17, 15) is 4.79 Å². The summed E-state index contributed by atoms with van der Waals surface area (Å²) in [5.41, 5.74) is 2.75. The number of ether oxygens (including phenoxy) is 1. The van der Waals surface area contributed by atoms with Crippen LogP contribution >= 0.6 is 22.9 Å². The molecular weight excluding hydrogens is 531 g/mol. The molecule has 1 aromatic heterocycles. The summed E-state index contributed by atoms with van der Waals surface area (Å²) >= 11 is 2.22. The largest absolute Gasteiger partial charge is 0.378 e. The standard InChI is InChI=1S/C24H31IN6O2/c1-18-20(16-27-21(28-18)29-12-14-33-15-13-29)30-17-23(31(25)22(30)32)8-10-24(26-2,11-9-23)19-6-4-3-5-7-19/h3-7,16,26H,8-15,17H2,1-2H3. The number of carbonyl (C=O) groups excluding carboxylic acids is 1. The van der Waals surface area contributed by atoms with Gasteiger partial charge in [-0.1, -0.05) is 30.3 Å². The van der Waals surface area contributed by atoms with Crippen molar-refractivity contribution >= 4 is 40.5 Å². The fraction of sp³-hybridized carbons (Fsp3) is 0.542. The molecule has 3 fully saturated rings. The van der Waals surface area contributed by atoms with Crippen molar-refractivity contribution in [2.45, 2.75) is 43.7 Å². The van der Waals surface area contributed by atoms with E-state index in [1.807, 2.05) is 21.1 Å². The second-order valence-electron chi connectivity index (χ2n) is 9.31. The molecule has 2 aromatic rings. The first-order chi connectivity index (χ1) is 16.0. The number of urea groups is 1. The van der Waals surface area contributed by atoms with Crippen LogP contribution in [0.5, 0.6) is 0 Å². The van der Waals surface area contributed by atoms with Crippen molar-refractivity contribution in [2.75, 3.05) is 49.7 Å². The zero-order valence-corrected chi connectivity index (χ0v) is 21.4. The molecule has 33 heavy (non-hydrogen) atoms. The summed E-state index contributed by atoms with van der Waals surface area (Å²) < 4.78 is 7.37. The van der Waals surface area contributed by atoms with Gasteiger partial charge in [-0.2, -0.15) is 0 Å². The lowest BCUT2D eigenvalue weighted by atomic mass is 9.69. The number of rotatable bonds is 4. The maximum absolute atomic E-state index is 13.4. The molecule has 0 unspecified atom stereocenters. The summed E-state index contributed by atoms with van der Waals surface area (Å²) in [6, 6.07) is 10.7. The van der Waals surface area contributed by atoms with E-state index in [0.717, 1.165) is 50.2 Å². The lowest BCUT2D eigenvalue weighted by molar-refractivity contribution is 0.122. The quantitative estimate of drug-likeness (QED) is 0.454. The molecule has 0 radical (unpaired) electrons. The zero-order chi connectivity index (χ0) is 23.1. The van der Waals surface area contributed by atoms with Gasteiger partial charge in [0.25, 0.3) is 0 Å². The molecule has 5 rings (SSSR count). The van der Waals surface area contributed by atoms with E-state index in [2.05, 4.69) is 75.4 Å². The number of aryl methyl sites for hydroxylation is 1. The van der Waals surface area contributed by atoms with Crippen molar-refractivity contribution in [3.05, 3.63) is 47.8 Å². The van der Waals surface area contributed by atoms with Gasteiger partial charge in [-0.15, -0.1) is 0 Å².